The smallest absolute Gasteiger partial charge is 0.0492 e. The number of hydrogen-bond acceptors (Lipinski definition) is 1. The number of aryl methyl sites for hydroxylation is 1. The average Bonchev–Trinajstić information content (AvgIpc) is 2.61. The topological polar surface area (TPSA) is 3.24 Å². The van der Waals surface area contributed by atoms with Gasteiger partial charge in [-0.25, -0.2) is 0 Å². The molecule has 0 saturated carbocycles. The minimum absolute atomic E-state index is 0.147. The van der Waals surface area contributed by atoms with Crippen LogP contribution in [0.1, 0.15) is 70.6 Å². The van der Waals surface area contributed by atoms with E-state index in [1.54, 1.807) is 0 Å². The molecule has 2 aliphatic rings. The van der Waals surface area contributed by atoms with Gasteiger partial charge in [0.2, 0.25) is 0 Å². The van der Waals surface area contributed by atoms with Crippen LogP contribution in [0.2, 0.25) is 5.02 Å². The molecule has 0 aromatic heterocycles. The molecule has 1 nitrogen and oxygen atoms in total. The second kappa shape index (κ2) is 7.95. The standard InChI is InChI=1S/C26H34ClN/c1-8-10-17(3)22-16-28-24(12-18(22)4)21-15-23(27)19(11-9-2)13-20(21)14-25(28)26(5,6)7/h12-13,15-16,25H,3-4,8-11,14H2,1-2,5-7H3. The van der Waals surface area contributed by atoms with Crippen molar-refractivity contribution in [1.29, 1.82) is 0 Å². The van der Waals surface area contributed by atoms with Gasteiger partial charge in [0.1, 0.15) is 0 Å². The van der Waals surface area contributed by atoms with E-state index in [2.05, 4.69) is 77.1 Å². The molecule has 0 aliphatic carbocycles. The molecule has 2 heterocycles. The fourth-order valence-corrected chi connectivity index (χ4v) is 4.66. The summed E-state index contributed by atoms with van der Waals surface area (Å²) in [5, 5.41) is 0.881. The highest BCUT2D eigenvalue weighted by atomic mass is 35.5. The van der Waals surface area contributed by atoms with Crippen LogP contribution in [0.15, 0.2) is 54.3 Å². The predicted octanol–water partition coefficient (Wildman–Crippen LogP) is 7.72. The Hall–Kier alpha value is -1.73. The highest BCUT2D eigenvalue weighted by Crippen LogP contribution is 2.45. The molecule has 0 saturated heterocycles. The minimum Gasteiger partial charge on any atom is -0.343 e. The van der Waals surface area contributed by atoms with Gasteiger partial charge in [0.15, 0.2) is 0 Å². The molecule has 1 aromatic rings. The van der Waals surface area contributed by atoms with Gasteiger partial charge in [0, 0.05) is 28.5 Å². The third-order valence-electron chi connectivity index (χ3n) is 5.95. The second-order valence-corrected chi connectivity index (χ2v) is 9.70. The summed E-state index contributed by atoms with van der Waals surface area (Å²) >= 11 is 6.66. The molecule has 1 unspecified atom stereocenters. The lowest BCUT2D eigenvalue weighted by Gasteiger charge is -2.47. The number of halogens is 1. The summed E-state index contributed by atoms with van der Waals surface area (Å²) in [5.74, 6) is 0. The number of rotatable bonds is 5. The second-order valence-electron chi connectivity index (χ2n) is 9.30. The van der Waals surface area contributed by atoms with Gasteiger partial charge < -0.3 is 4.90 Å². The molecule has 1 aromatic carbocycles. The highest BCUT2D eigenvalue weighted by Gasteiger charge is 2.38. The number of allylic oxidation sites excluding steroid dienone is 4. The van der Waals surface area contributed by atoms with E-state index < -0.39 is 0 Å². The first-order chi connectivity index (χ1) is 13.2. The monoisotopic (exact) mass is 395 g/mol. The maximum Gasteiger partial charge on any atom is 0.0492 e. The van der Waals surface area contributed by atoms with Gasteiger partial charge in [-0.1, -0.05) is 78.3 Å². The summed E-state index contributed by atoms with van der Waals surface area (Å²) < 4.78 is 0. The minimum atomic E-state index is 0.147. The van der Waals surface area contributed by atoms with Crippen LogP contribution in [-0.4, -0.2) is 10.9 Å². The number of nitrogens with zero attached hydrogens (tertiary/aromatic N) is 1. The largest absolute Gasteiger partial charge is 0.343 e. The van der Waals surface area contributed by atoms with Crippen LogP contribution in [-0.2, 0) is 12.8 Å². The Bertz CT molecular complexity index is 863. The summed E-state index contributed by atoms with van der Waals surface area (Å²) in [6.07, 6.45) is 9.80. The van der Waals surface area contributed by atoms with Crippen LogP contribution < -0.4 is 0 Å². The molecule has 0 radical (unpaired) electrons. The normalized spacial score (nSPS) is 19.0. The zero-order valence-electron chi connectivity index (χ0n) is 18.2. The van der Waals surface area contributed by atoms with Crippen LogP contribution in [0.3, 0.4) is 0 Å². The van der Waals surface area contributed by atoms with Crippen molar-refractivity contribution >= 4 is 17.3 Å². The fraction of sp³-hybridized carbons (Fsp3) is 0.462. The van der Waals surface area contributed by atoms with Crippen LogP contribution in [0.4, 0.5) is 0 Å². The lowest BCUT2D eigenvalue weighted by Crippen LogP contribution is -2.45. The van der Waals surface area contributed by atoms with Gasteiger partial charge in [-0.05, 0) is 64.7 Å². The molecular formula is C26H34ClN. The Morgan fingerprint density at radius 3 is 2.54 bits per heavy atom. The summed E-state index contributed by atoms with van der Waals surface area (Å²) in [5.41, 5.74) is 8.73. The maximum atomic E-state index is 6.66. The Morgan fingerprint density at radius 2 is 1.93 bits per heavy atom. The van der Waals surface area contributed by atoms with E-state index in [-0.39, 0.29) is 5.41 Å². The molecular weight excluding hydrogens is 362 g/mol. The Labute approximate surface area is 176 Å². The summed E-state index contributed by atoms with van der Waals surface area (Å²) in [6, 6.07) is 4.90. The zero-order chi connectivity index (χ0) is 20.6. The molecule has 0 bridgehead atoms. The molecule has 0 spiro atoms. The molecule has 0 fully saturated rings. The van der Waals surface area contributed by atoms with Crippen molar-refractivity contribution in [3.8, 4) is 0 Å². The quantitative estimate of drug-likeness (QED) is 0.493. The molecule has 1 atom stereocenters. The van der Waals surface area contributed by atoms with Crippen molar-refractivity contribution in [2.45, 2.75) is 72.8 Å². The van der Waals surface area contributed by atoms with Gasteiger partial charge in [-0.3, -0.25) is 0 Å². The SMILES string of the molecule is C=C1C=C2c3cc(Cl)c(CCC)cc3CC(C(C)(C)C)N2C=C1C(=C)CCC. The van der Waals surface area contributed by atoms with E-state index in [0.29, 0.717) is 6.04 Å². The number of fused-ring (bicyclic) bond motifs is 3. The first-order valence-electron chi connectivity index (χ1n) is 10.6. The third-order valence-corrected chi connectivity index (χ3v) is 6.30. The molecule has 2 aliphatic heterocycles. The van der Waals surface area contributed by atoms with Crippen molar-refractivity contribution in [2.75, 3.05) is 0 Å². The molecule has 0 amide bonds. The van der Waals surface area contributed by atoms with E-state index in [4.69, 9.17) is 11.6 Å². The van der Waals surface area contributed by atoms with E-state index in [1.807, 2.05) is 0 Å². The number of hydrogen-bond donors (Lipinski definition) is 0. The lowest BCUT2D eigenvalue weighted by molar-refractivity contribution is 0.189. The van der Waals surface area contributed by atoms with E-state index in [1.165, 1.54) is 33.5 Å². The Kier molecular flexibility index (Phi) is 5.96. The van der Waals surface area contributed by atoms with Crippen molar-refractivity contribution in [3.63, 3.8) is 0 Å². The average molecular weight is 396 g/mol. The van der Waals surface area contributed by atoms with Crippen molar-refractivity contribution < 1.29 is 0 Å². The predicted molar refractivity (Wildman–Crippen MR) is 123 cm³/mol. The fourth-order valence-electron chi connectivity index (χ4n) is 4.41. The van der Waals surface area contributed by atoms with Gasteiger partial charge in [-0.2, -0.15) is 0 Å². The number of benzene rings is 1. The van der Waals surface area contributed by atoms with E-state index >= 15 is 0 Å². The maximum absolute atomic E-state index is 6.66. The van der Waals surface area contributed by atoms with Gasteiger partial charge in [0.05, 0.1) is 0 Å². The van der Waals surface area contributed by atoms with Gasteiger partial charge >= 0.3 is 0 Å². The molecule has 150 valence electrons. The van der Waals surface area contributed by atoms with Crippen LogP contribution >= 0.6 is 11.6 Å². The van der Waals surface area contributed by atoms with E-state index in [0.717, 1.165) is 42.7 Å². The van der Waals surface area contributed by atoms with Crippen molar-refractivity contribution in [1.82, 2.24) is 4.90 Å². The Morgan fingerprint density at radius 1 is 1.21 bits per heavy atom. The van der Waals surface area contributed by atoms with Crippen LogP contribution in [0.5, 0.6) is 0 Å². The lowest BCUT2D eigenvalue weighted by atomic mass is 9.76. The first kappa shape index (κ1) is 21.0. The Balaban J connectivity index is 2.13. The highest BCUT2D eigenvalue weighted by molar-refractivity contribution is 6.31. The molecule has 2 heteroatoms. The van der Waals surface area contributed by atoms with Gasteiger partial charge in [-0.15, -0.1) is 0 Å². The van der Waals surface area contributed by atoms with Crippen molar-refractivity contribution in [2.24, 2.45) is 5.41 Å². The van der Waals surface area contributed by atoms with Gasteiger partial charge in [0.25, 0.3) is 0 Å². The molecule has 3 rings (SSSR count). The zero-order valence-corrected chi connectivity index (χ0v) is 18.9. The summed E-state index contributed by atoms with van der Waals surface area (Å²) in [7, 11) is 0. The molecule has 0 N–H and O–H groups in total. The summed E-state index contributed by atoms with van der Waals surface area (Å²) in [6.45, 7) is 20.1. The first-order valence-corrected chi connectivity index (χ1v) is 11.0. The van der Waals surface area contributed by atoms with E-state index in [9.17, 15) is 0 Å². The molecule has 28 heavy (non-hydrogen) atoms. The van der Waals surface area contributed by atoms with Crippen LogP contribution in [0, 0.1) is 5.41 Å². The summed E-state index contributed by atoms with van der Waals surface area (Å²) in [4.78, 5) is 2.46. The van der Waals surface area contributed by atoms with Crippen molar-refractivity contribution in [3.05, 3.63) is 76.0 Å². The van der Waals surface area contributed by atoms with Crippen LogP contribution in [0.25, 0.3) is 5.70 Å². The third kappa shape index (κ3) is 3.87.